The maximum Gasteiger partial charge on any atom is 0.138 e. The summed E-state index contributed by atoms with van der Waals surface area (Å²) in [5.74, 6) is 2.44. The molecule has 0 aliphatic carbocycles. The lowest BCUT2D eigenvalue weighted by Gasteiger charge is -2.19. The van der Waals surface area contributed by atoms with Gasteiger partial charge in [-0.15, -0.1) is 0 Å². The number of benzene rings is 1. The zero-order valence-corrected chi connectivity index (χ0v) is 12.6. The largest absolute Gasteiger partial charge is 0.488 e. The average molecular weight is 286 g/mol. The molecule has 1 aromatic carbocycles. The minimum Gasteiger partial charge on any atom is -0.488 e. The second kappa shape index (κ2) is 5.85. The maximum atomic E-state index is 6.34. The van der Waals surface area contributed by atoms with Crippen molar-refractivity contribution >= 4 is 0 Å². The van der Waals surface area contributed by atoms with Gasteiger partial charge in [0.1, 0.15) is 24.0 Å². The fourth-order valence-electron chi connectivity index (χ4n) is 2.73. The molecule has 5 nitrogen and oxygen atoms in total. The Labute approximate surface area is 125 Å². The van der Waals surface area contributed by atoms with E-state index in [-0.39, 0.29) is 12.1 Å². The molecular weight excluding hydrogens is 264 g/mol. The van der Waals surface area contributed by atoms with Crippen LogP contribution in [0.15, 0.2) is 30.6 Å². The van der Waals surface area contributed by atoms with E-state index in [4.69, 9.17) is 10.5 Å². The van der Waals surface area contributed by atoms with E-state index in [1.807, 2.05) is 22.9 Å². The third kappa shape index (κ3) is 3.08. The van der Waals surface area contributed by atoms with Gasteiger partial charge in [-0.1, -0.05) is 32.0 Å². The van der Waals surface area contributed by atoms with Crippen molar-refractivity contribution in [3.63, 3.8) is 0 Å². The number of para-hydroxylation sites is 1. The van der Waals surface area contributed by atoms with E-state index in [1.165, 1.54) is 5.56 Å². The molecule has 0 bridgehead atoms. The van der Waals surface area contributed by atoms with Gasteiger partial charge in [0.25, 0.3) is 0 Å². The van der Waals surface area contributed by atoms with E-state index >= 15 is 0 Å². The van der Waals surface area contributed by atoms with Gasteiger partial charge in [0.2, 0.25) is 0 Å². The average Bonchev–Trinajstić information content (AvgIpc) is 3.05. The maximum absolute atomic E-state index is 6.34. The molecule has 21 heavy (non-hydrogen) atoms. The zero-order chi connectivity index (χ0) is 14.8. The molecule has 5 heteroatoms. The Morgan fingerprint density at radius 3 is 2.95 bits per heavy atom. The zero-order valence-electron chi connectivity index (χ0n) is 12.6. The van der Waals surface area contributed by atoms with Gasteiger partial charge in [-0.05, 0) is 17.5 Å². The third-order valence-corrected chi connectivity index (χ3v) is 3.80. The summed E-state index contributed by atoms with van der Waals surface area (Å²) < 4.78 is 7.91. The first-order valence-electron chi connectivity index (χ1n) is 7.50. The topological polar surface area (TPSA) is 66.0 Å². The van der Waals surface area contributed by atoms with Crippen molar-refractivity contribution in [2.24, 2.45) is 11.7 Å². The molecule has 1 aliphatic rings. The first kappa shape index (κ1) is 14.1. The Hall–Kier alpha value is -1.88. The second-order valence-corrected chi connectivity index (χ2v) is 6.09. The third-order valence-electron chi connectivity index (χ3n) is 3.80. The van der Waals surface area contributed by atoms with Crippen LogP contribution in [0.25, 0.3) is 0 Å². The number of ether oxygens (including phenoxy) is 1. The van der Waals surface area contributed by atoms with Crippen LogP contribution in [0.2, 0.25) is 0 Å². The second-order valence-electron chi connectivity index (χ2n) is 6.09. The fraction of sp³-hybridized carbons (Fsp3) is 0.500. The van der Waals surface area contributed by atoms with Crippen LogP contribution in [-0.2, 0) is 19.4 Å². The van der Waals surface area contributed by atoms with Crippen LogP contribution in [0.1, 0.15) is 25.2 Å². The van der Waals surface area contributed by atoms with Gasteiger partial charge in [0.15, 0.2) is 0 Å². The van der Waals surface area contributed by atoms with Gasteiger partial charge in [-0.2, -0.15) is 5.10 Å². The summed E-state index contributed by atoms with van der Waals surface area (Å²) in [6.07, 6.45) is 3.18. The number of nitrogens with zero attached hydrogens (tertiary/aromatic N) is 3. The monoisotopic (exact) mass is 286 g/mol. The van der Waals surface area contributed by atoms with Gasteiger partial charge in [-0.25, -0.2) is 9.67 Å². The molecule has 2 N–H and O–H groups in total. The summed E-state index contributed by atoms with van der Waals surface area (Å²) in [6.45, 7) is 5.21. The molecular formula is C16H22N4O. The van der Waals surface area contributed by atoms with E-state index in [0.717, 1.165) is 24.5 Å². The molecule has 0 spiro atoms. The molecule has 1 aliphatic heterocycles. The molecule has 2 heterocycles. The Balaban J connectivity index is 1.65. The van der Waals surface area contributed by atoms with Gasteiger partial charge >= 0.3 is 0 Å². The molecule has 112 valence electrons. The highest BCUT2D eigenvalue weighted by Gasteiger charge is 2.29. The van der Waals surface area contributed by atoms with Crippen molar-refractivity contribution in [1.82, 2.24) is 14.8 Å². The number of fused-ring (bicyclic) bond motifs is 1. The summed E-state index contributed by atoms with van der Waals surface area (Å²) in [5, 5.41) is 4.28. The number of hydrogen-bond donors (Lipinski definition) is 1. The predicted octanol–water partition coefficient (Wildman–Crippen LogP) is 1.81. The summed E-state index contributed by atoms with van der Waals surface area (Å²) in [5.41, 5.74) is 7.58. The van der Waals surface area contributed by atoms with Crippen molar-refractivity contribution in [3.8, 4) is 5.75 Å². The molecule has 3 rings (SSSR count). The van der Waals surface area contributed by atoms with Crippen LogP contribution < -0.4 is 10.5 Å². The molecule has 2 unspecified atom stereocenters. The Morgan fingerprint density at radius 1 is 1.38 bits per heavy atom. The molecule has 0 fully saturated rings. The van der Waals surface area contributed by atoms with Crippen molar-refractivity contribution < 1.29 is 4.74 Å². The number of aromatic nitrogens is 3. The molecule has 2 atom stereocenters. The Kier molecular flexibility index (Phi) is 3.92. The minimum atomic E-state index is -0.0764. The first-order valence-corrected chi connectivity index (χ1v) is 7.50. The highest BCUT2D eigenvalue weighted by Crippen LogP contribution is 2.29. The number of hydrogen-bond acceptors (Lipinski definition) is 4. The molecule has 0 saturated carbocycles. The summed E-state index contributed by atoms with van der Waals surface area (Å²) >= 11 is 0. The standard InChI is InChI=1S/C16H22N4O/c1-11(2)9-20-16(18-10-19-20)8-13(17)15-7-12-5-3-4-6-14(12)21-15/h3-6,10-11,13,15H,7-9,17H2,1-2H3. The fourth-order valence-corrected chi connectivity index (χ4v) is 2.73. The molecule has 0 saturated heterocycles. The predicted molar refractivity (Wildman–Crippen MR) is 81.1 cm³/mol. The van der Waals surface area contributed by atoms with E-state index in [9.17, 15) is 0 Å². The normalized spacial score (nSPS) is 18.6. The Morgan fingerprint density at radius 2 is 2.19 bits per heavy atom. The quantitative estimate of drug-likeness (QED) is 0.910. The van der Waals surface area contributed by atoms with Crippen molar-refractivity contribution in [2.45, 2.75) is 45.4 Å². The lowest BCUT2D eigenvalue weighted by molar-refractivity contribution is 0.196. The van der Waals surface area contributed by atoms with Crippen molar-refractivity contribution in [3.05, 3.63) is 42.0 Å². The molecule has 0 radical (unpaired) electrons. The summed E-state index contributed by atoms with van der Waals surface area (Å²) in [6, 6.07) is 8.06. The van der Waals surface area contributed by atoms with Crippen LogP contribution in [0.3, 0.4) is 0 Å². The first-order chi connectivity index (χ1) is 10.1. The van der Waals surface area contributed by atoms with Crippen LogP contribution in [0.4, 0.5) is 0 Å². The number of nitrogens with two attached hydrogens (primary N) is 1. The van der Waals surface area contributed by atoms with E-state index < -0.39 is 0 Å². The Bertz CT molecular complexity index is 583. The molecule has 1 aromatic heterocycles. The lowest BCUT2D eigenvalue weighted by Crippen LogP contribution is -2.40. The van der Waals surface area contributed by atoms with Crippen LogP contribution in [-0.4, -0.2) is 26.9 Å². The van der Waals surface area contributed by atoms with Crippen LogP contribution >= 0.6 is 0 Å². The SMILES string of the molecule is CC(C)Cn1ncnc1CC(N)C1Cc2ccccc2O1. The number of rotatable bonds is 5. The van der Waals surface area contributed by atoms with Gasteiger partial charge in [0.05, 0.1) is 0 Å². The van der Waals surface area contributed by atoms with Crippen molar-refractivity contribution in [1.29, 1.82) is 0 Å². The van der Waals surface area contributed by atoms with E-state index in [0.29, 0.717) is 12.3 Å². The summed E-state index contributed by atoms with van der Waals surface area (Å²) in [7, 11) is 0. The molecule has 0 amide bonds. The van der Waals surface area contributed by atoms with E-state index in [1.54, 1.807) is 6.33 Å². The van der Waals surface area contributed by atoms with Crippen LogP contribution in [0, 0.1) is 5.92 Å². The smallest absolute Gasteiger partial charge is 0.138 e. The lowest BCUT2D eigenvalue weighted by atomic mass is 10.0. The highest BCUT2D eigenvalue weighted by atomic mass is 16.5. The van der Waals surface area contributed by atoms with Gasteiger partial charge in [-0.3, -0.25) is 0 Å². The van der Waals surface area contributed by atoms with E-state index in [2.05, 4.69) is 30.0 Å². The minimum absolute atomic E-state index is 0.0200. The summed E-state index contributed by atoms with van der Waals surface area (Å²) in [4.78, 5) is 4.35. The van der Waals surface area contributed by atoms with Crippen molar-refractivity contribution in [2.75, 3.05) is 0 Å². The molecule has 2 aromatic rings. The highest BCUT2D eigenvalue weighted by molar-refractivity contribution is 5.37. The van der Waals surface area contributed by atoms with Gasteiger partial charge in [0, 0.05) is 25.4 Å². The van der Waals surface area contributed by atoms with Gasteiger partial charge < -0.3 is 10.5 Å². The van der Waals surface area contributed by atoms with Crippen LogP contribution in [0.5, 0.6) is 5.75 Å².